The standard InChI is InChI=1S/C20H18ClN3O6S2/c1-13-6-9-16(24(25)26)12-20(13)32(29,30)22-15-7-10-17(11-8-15)31(27,28)23-19-5-3-4-18(21)14(19)2/h3-12,22-23H,1-2H3. The van der Waals surface area contributed by atoms with E-state index in [4.69, 9.17) is 11.6 Å². The maximum atomic E-state index is 12.7. The molecule has 0 saturated heterocycles. The average Bonchev–Trinajstić information content (AvgIpc) is 2.71. The van der Waals surface area contributed by atoms with Crippen molar-refractivity contribution in [1.82, 2.24) is 0 Å². The van der Waals surface area contributed by atoms with Crippen molar-refractivity contribution in [3.05, 3.63) is 86.9 Å². The normalized spacial score (nSPS) is 11.7. The van der Waals surface area contributed by atoms with E-state index in [1.165, 1.54) is 43.3 Å². The minimum Gasteiger partial charge on any atom is -0.280 e. The molecule has 168 valence electrons. The Kier molecular flexibility index (Phi) is 6.44. The largest absolute Gasteiger partial charge is 0.280 e. The third kappa shape index (κ3) is 5.01. The first kappa shape index (κ1) is 23.5. The summed E-state index contributed by atoms with van der Waals surface area (Å²) in [7, 11) is -8.09. The molecule has 3 aromatic carbocycles. The fourth-order valence-electron chi connectivity index (χ4n) is 2.83. The van der Waals surface area contributed by atoms with Gasteiger partial charge in [-0.25, -0.2) is 16.8 Å². The molecule has 0 aliphatic carbocycles. The van der Waals surface area contributed by atoms with Gasteiger partial charge in [-0.1, -0.05) is 23.7 Å². The van der Waals surface area contributed by atoms with Crippen LogP contribution in [0.25, 0.3) is 0 Å². The van der Waals surface area contributed by atoms with Crippen molar-refractivity contribution in [2.24, 2.45) is 0 Å². The number of benzene rings is 3. The Morgan fingerprint density at radius 3 is 2.16 bits per heavy atom. The molecular weight excluding hydrogens is 478 g/mol. The molecule has 0 atom stereocenters. The molecule has 0 unspecified atom stereocenters. The monoisotopic (exact) mass is 495 g/mol. The number of nitro groups is 1. The van der Waals surface area contributed by atoms with E-state index in [-0.39, 0.29) is 21.2 Å². The number of aryl methyl sites for hydroxylation is 1. The van der Waals surface area contributed by atoms with Gasteiger partial charge >= 0.3 is 0 Å². The minimum absolute atomic E-state index is 0.0913. The lowest BCUT2D eigenvalue weighted by atomic mass is 10.2. The summed E-state index contributed by atoms with van der Waals surface area (Å²) in [5.74, 6) is 0. The summed E-state index contributed by atoms with van der Waals surface area (Å²) < 4.78 is 55.5. The molecule has 12 heteroatoms. The van der Waals surface area contributed by atoms with Crippen LogP contribution in [0.5, 0.6) is 0 Å². The minimum atomic E-state index is -4.14. The topological polar surface area (TPSA) is 135 Å². The molecule has 0 aromatic heterocycles. The van der Waals surface area contributed by atoms with Crippen LogP contribution in [0, 0.1) is 24.0 Å². The lowest BCUT2D eigenvalue weighted by Crippen LogP contribution is -2.16. The molecule has 3 rings (SSSR count). The number of hydrogen-bond donors (Lipinski definition) is 2. The second-order valence-corrected chi connectivity index (χ2v) is 10.6. The highest BCUT2D eigenvalue weighted by atomic mass is 35.5. The third-order valence-corrected chi connectivity index (χ3v) is 7.92. The molecule has 0 saturated carbocycles. The Morgan fingerprint density at radius 2 is 1.53 bits per heavy atom. The molecule has 3 aromatic rings. The van der Waals surface area contributed by atoms with Gasteiger partial charge in [-0.15, -0.1) is 0 Å². The first-order chi connectivity index (χ1) is 14.9. The summed E-state index contributed by atoms with van der Waals surface area (Å²) in [5.41, 5.74) is 0.940. The number of non-ortho nitro benzene ring substituents is 1. The molecule has 0 spiro atoms. The van der Waals surface area contributed by atoms with Gasteiger partial charge in [-0.05, 0) is 61.4 Å². The highest BCUT2D eigenvalue weighted by molar-refractivity contribution is 7.93. The van der Waals surface area contributed by atoms with E-state index in [1.54, 1.807) is 25.1 Å². The van der Waals surface area contributed by atoms with Crippen LogP contribution in [-0.2, 0) is 20.0 Å². The van der Waals surface area contributed by atoms with E-state index in [9.17, 15) is 26.9 Å². The van der Waals surface area contributed by atoms with Crippen molar-refractivity contribution < 1.29 is 21.8 Å². The maximum absolute atomic E-state index is 12.7. The first-order valence-electron chi connectivity index (χ1n) is 9.06. The van der Waals surface area contributed by atoms with Crippen LogP contribution in [0.1, 0.15) is 11.1 Å². The number of rotatable bonds is 7. The van der Waals surface area contributed by atoms with E-state index >= 15 is 0 Å². The van der Waals surface area contributed by atoms with Crippen LogP contribution >= 0.6 is 11.6 Å². The Morgan fingerprint density at radius 1 is 0.875 bits per heavy atom. The fraction of sp³-hybridized carbons (Fsp3) is 0.100. The summed E-state index contributed by atoms with van der Waals surface area (Å²) in [6.45, 7) is 3.19. The summed E-state index contributed by atoms with van der Waals surface area (Å²) >= 11 is 6.02. The maximum Gasteiger partial charge on any atom is 0.270 e. The lowest BCUT2D eigenvalue weighted by molar-refractivity contribution is -0.385. The SMILES string of the molecule is Cc1ccc([N+](=O)[O-])cc1S(=O)(=O)Nc1ccc(S(=O)(=O)Nc2cccc(Cl)c2C)cc1. The molecule has 0 bridgehead atoms. The Bertz CT molecular complexity index is 1410. The predicted octanol–water partition coefficient (Wildman–Crippen LogP) is 4.47. The third-order valence-electron chi connectivity index (χ3n) is 4.60. The van der Waals surface area contributed by atoms with Crippen molar-refractivity contribution in [3.63, 3.8) is 0 Å². The Balaban J connectivity index is 1.85. The van der Waals surface area contributed by atoms with Gasteiger partial charge < -0.3 is 0 Å². The summed E-state index contributed by atoms with van der Waals surface area (Å²) in [4.78, 5) is 9.94. The van der Waals surface area contributed by atoms with E-state index < -0.39 is 25.0 Å². The molecule has 0 aliphatic rings. The predicted molar refractivity (Wildman–Crippen MR) is 122 cm³/mol. The second kappa shape index (κ2) is 8.77. The summed E-state index contributed by atoms with van der Waals surface area (Å²) in [5, 5.41) is 11.4. The highest BCUT2D eigenvalue weighted by Gasteiger charge is 2.21. The number of anilines is 2. The molecule has 0 heterocycles. The number of nitro benzene ring substituents is 1. The number of nitrogens with zero attached hydrogens (tertiary/aromatic N) is 1. The van der Waals surface area contributed by atoms with Crippen LogP contribution in [0.4, 0.5) is 17.1 Å². The number of halogens is 1. The zero-order valence-corrected chi connectivity index (χ0v) is 19.3. The fourth-order valence-corrected chi connectivity index (χ4v) is 5.45. The van der Waals surface area contributed by atoms with Crippen molar-refractivity contribution in [2.75, 3.05) is 9.44 Å². The van der Waals surface area contributed by atoms with Gasteiger partial charge in [0.2, 0.25) is 0 Å². The van der Waals surface area contributed by atoms with E-state index in [1.807, 2.05) is 0 Å². The number of hydrogen-bond acceptors (Lipinski definition) is 6. The average molecular weight is 496 g/mol. The van der Waals surface area contributed by atoms with Crippen LogP contribution in [0.3, 0.4) is 0 Å². The Hall–Kier alpha value is -3.15. The first-order valence-corrected chi connectivity index (χ1v) is 12.4. The van der Waals surface area contributed by atoms with Gasteiger partial charge in [0.15, 0.2) is 0 Å². The second-order valence-electron chi connectivity index (χ2n) is 6.85. The molecule has 0 amide bonds. The Labute approximate surface area is 190 Å². The quantitative estimate of drug-likeness (QED) is 0.366. The molecule has 32 heavy (non-hydrogen) atoms. The number of sulfonamides is 2. The van der Waals surface area contributed by atoms with Crippen molar-refractivity contribution in [3.8, 4) is 0 Å². The zero-order chi connectivity index (χ0) is 23.7. The summed E-state index contributed by atoms with van der Waals surface area (Å²) in [6, 6.07) is 13.4. The van der Waals surface area contributed by atoms with Crippen LogP contribution < -0.4 is 9.44 Å². The van der Waals surface area contributed by atoms with Crippen LogP contribution in [0.2, 0.25) is 5.02 Å². The van der Waals surface area contributed by atoms with Crippen molar-refractivity contribution in [1.29, 1.82) is 0 Å². The van der Waals surface area contributed by atoms with E-state index in [0.29, 0.717) is 21.8 Å². The number of nitrogens with one attached hydrogen (secondary N) is 2. The van der Waals surface area contributed by atoms with Gasteiger partial charge in [0.1, 0.15) is 0 Å². The zero-order valence-electron chi connectivity index (χ0n) is 16.9. The molecular formula is C20H18ClN3O6S2. The van der Waals surface area contributed by atoms with Gasteiger partial charge in [-0.2, -0.15) is 0 Å². The van der Waals surface area contributed by atoms with Gasteiger partial charge in [0, 0.05) is 22.8 Å². The van der Waals surface area contributed by atoms with E-state index in [2.05, 4.69) is 9.44 Å². The van der Waals surface area contributed by atoms with Crippen LogP contribution in [-0.4, -0.2) is 21.8 Å². The lowest BCUT2D eigenvalue weighted by Gasteiger charge is -2.13. The molecule has 0 radical (unpaired) electrons. The van der Waals surface area contributed by atoms with Gasteiger partial charge in [-0.3, -0.25) is 19.6 Å². The highest BCUT2D eigenvalue weighted by Crippen LogP contribution is 2.27. The smallest absolute Gasteiger partial charge is 0.270 e. The molecule has 0 fully saturated rings. The van der Waals surface area contributed by atoms with Crippen molar-refractivity contribution >= 4 is 48.7 Å². The van der Waals surface area contributed by atoms with Crippen molar-refractivity contribution in [2.45, 2.75) is 23.6 Å². The van der Waals surface area contributed by atoms with Gasteiger partial charge in [0.25, 0.3) is 25.7 Å². The molecule has 9 nitrogen and oxygen atoms in total. The molecule has 2 N–H and O–H groups in total. The molecule has 0 aliphatic heterocycles. The van der Waals surface area contributed by atoms with Crippen LogP contribution in [0.15, 0.2) is 70.5 Å². The summed E-state index contributed by atoms with van der Waals surface area (Å²) in [6.07, 6.45) is 0. The van der Waals surface area contributed by atoms with E-state index in [0.717, 1.165) is 6.07 Å². The van der Waals surface area contributed by atoms with Gasteiger partial charge in [0.05, 0.1) is 20.4 Å².